The summed E-state index contributed by atoms with van der Waals surface area (Å²) >= 11 is 6.18. The lowest BCUT2D eigenvalue weighted by molar-refractivity contribution is 0.656. The first kappa shape index (κ1) is 13.8. The topological polar surface area (TPSA) is 0 Å². The van der Waals surface area contributed by atoms with Crippen LogP contribution in [-0.4, -0.2) is 15.7 Å². The Bertz CT molecular complexity index is 745. The maximum Gasteiger partial charge on any atom is 0.115 e. The van der Waals surface area contributed by atoms with E-state index in [1.165, 1.54) is 11.1 Å². The summed E-state index contributed by atoms with van der Waals surface area (Å²) in [5.74, 6) is 0. The number of halogens is 1. The largest absolute Gasteiger partial charge is 0.115 e. The lowest BCUT2D eigenvalue weighted by atomic mass is 9.70. The molecule has 0 N–H and O–H groups in total. The van der Waals surface area contributed by atoms with E-state index in [-0.39, 0.29) is 5.41 Å². The molecule has 96 valence electrons. The Labute approximate surface area is 128 Å². The molecule has 0 fully saturated rings. The minimum absolute atomic E-state index is 0.102. The van der Waals surface area contributed by atoms with E-state index in [1.807, 2.05) is 19.1 Å². The van der Waals surface area contributed by atoms with E-state index < -0.39 is 0 Å². The lowest BCUT2D eigenvalue weighted by Crippen LogP contribution is -2.29. The first-order valence-electron chi connectivity index (χ1n) is 6.75. The number of fused-ring (bicyclic) bond motifs is 3. The van der Waals surface area contributed by atoms with Crippen LogP contribution in [0.3, 0.4) is 0 Å². The van der Waals surface area contributed by atoms with Gasteiger partial charge in [-0.15, -0.1) is 0 Å². The molecule has 20 heavy (non-hydrogen) atoms. The zero-order valence-electron chi connectivity index (χ0n) is 12.3. The minimum Gasteiger partial charge on any atom is -0.0912 e. The van der Waals surface area contributed by atoms with E-state index in [1.54, 1.807) is 0 Å². The molecule has 4 radical (unpaired) electrons. The Balaban J connectivity index is 2.52. The Morgan fingerprint density at radius 2 is 1.65 bits per heavy atom. The minimum atomic E-state index is -0.102. The molecule has 0 unspecified atom stereocenters. The van der Waals surface area contributed by atoms with Crippen LogP contribution in [0.5, 0.6) is 0 Å². The quantitative estimate of drug-likeness (QED) is 0.649. The molecule has 0 saturated carbocycles. The van der Waals surface area contributed by atoms with Crippen molar-refractivity contribution < 1.29 is 0 Å². The number of hydrogen-bond acceptors (Lipinski definition) is 0. The van der Waals surface area contributed by atoms with Crippen LogP contribution in [0, 0.1) is 13.8 Å². The van der Waals surface area contributed by atoms with Crippen LogP contribution in [0.25, 0.3) is 11.1 Å². The number of hydrogen-bond donors (Lipinski definition) is 0. The Hall–Kier alpha value is -1.14. The fourth-order valence-electron chi connectivity index (χ4n) is 3.53. The third-order valence-corrected chi connectivity index (χ3v) is 4.89. The summed E-state index contributed by atoms with van der Waals surface area (Å²) < 4.78 is 0. The van der Waals surface area contributed by atoms with Crippen molar-refractivity contribution in [1.29, 1.82) is 0 Å². The SMILES string of the molecule is [B]c1c(C)c([B])c2c(c1C)C(C)(C)c1ccc(Cl)cc1-2. The molecule has 2 aromatic carbocycles. The molecule has 3 heteroatoms. The summed E-state index contributed by atoms with van der Waals surface area (Å²) in [6.45, 7) is 8.49. The van der Waals surface area contributed by atoms with Crippen molar-refractivity contribution in [2.24, 2.45) is 0 Å². The van der Waals surface area contributed by atoms with Gasteiger partial charge in [0.15, 0.2) is 0 Å². The summed E-state index contributed by atoms with van der Waals surface area (Å²) in [4.78, 5) is 0. The fraction of sp³-hybridized carbons (Fsp3) is 0.294. The molecule has 0 saturated heterocycles. The monoisotopic (exact) mass is 276 g/mol. The van der Waals surface area contributed by atoms with Crippen molar-refractivity contribution in [3.05, 3.63) is 45.5 Å². The summed E-state index contributed by atoms with van der Waals surface area (Å²) in [5, 5.41) is 0.735. The molecule has 0 amide bonds. The Morgan fingerprint density at radius 1 is 1.00 bits per heavy atom. The highest BCUT2D eigenvalue weighted by molar-refractivity contribution is 6.43. The van der Waals surface area contributed by atoms with Gasteiger partial charge < -0.3 is 0 Å². The molecule has 0 bridgehead atoms. The lowest BCUT2D eigenvalue weighted by Gasteiger charge is -2.26. The summed E-state index contributed by atoms with van der Waals surface area (Å²) in [6, 6.07) is 6.05. The molecule has 0 nitrogen and oxygen atoms in total. The van der Waals surface area contributed by atoms with Crippen LogP contribution in [0.15, 0.2) is 18.2 Å². The van der Waals surface area contributed by atoms with Crippen LogP contribution in [0.4, 0.5) is 0 Å². The van der Waals surface area contributed by atoms with Gasteiger partial charge >= 0.3 is 0 Å². The van der Waals surface area contributed by atoms with Gasteiger partial charge in [-0.05, 0) is 48.2 Å². The van der Waals surface area contributed by atoms with Crippen molar-refractivity contribution in [1.82, 2.24) is 0 Å². The maximum absolute atomic E-state index is 6.37. The average Bonchev–Trinajstić information content (AvgIpc) is 2.61. The van der Waals surface area contributed by atoms with Crippen molar-refractivity contribution in [2.45, 2.75) is 33.1 Å². The second-order valence-corrected chi connectivity index (χ2v) is 6.58. The third kappa shape index (κ3) is 1.58. The zero-order valence-corrected chi connectivity index (χ0v) is 13.0. The molecule has 2 aromatic rings. The van der Waals surface area contributed by atoms with Crippen molar-refractivity contribution in [3.63, 3.8) is 0 Å². The fourth-order valence-corrected chi connectivity index (χ4v) is 3.71. The maximum atomic E-state index is 6.37. The van der Waals surface area contributed by atoms with Gasteiger partial charge in [-0.25, -0.2) is 0 Å². The van der Waals surface area contributed by atoms with E-state index >= 15 is 0 Å². The van der Waals surface area contributed by atoms with Crippen molar-refractivity contribution in [3.8, 4) is 11.1 Å². The Morgan fingerprint density at radius 3 is 2.30 bits per heavy atom. The molecule has 3 rings (SSSR count). The molecular formula is C17H15B2Cl. The van der Waals surface area contributed by atoms with Gasteiger partial charge in [0, 0.05) is 10.4 Å². The van der Waals surface area contributed by atoms with E-state index in [4.69, 9.17) is 27.3 Å². The van der Waals surface area contributed by atoms with E-state index in [0.29, 0.717) is 0 Å². The van der Waals surface area contributed by atoms with Gasteiger partial charge in [0.05, 0.1) is 0 Å². The standard InChI is InChI=1S/C17H15B2Cl/c1-8-14-13(16(19)9(2)15(8)18)11-7-10(20)5-6-12(11)17(14,3)4/h5-7H,1-4H3. The van der Waals surface area contributed by atoms with Gasteiger partial charge in [0.25, 0.3) is 0 Å². The highest BCUT2D eigenvalue weighted by atomic mass is 35.5. The molecule has 0 heterocycles. The van der Waals surface area contributed by atoms with Gasteiger partial charge in [0.2, 0.25) is 0 Å². The molecule has 0 aliphatic heterocycles. The Kier molecular flexibility index (Phi) is 2.89. The zero-order chi connectivity index (χ0) is 14.8. The van der Waals surface area contributed by atoms with Crippen LogP contribution in [-0.2, 0) is 5.41 Å². The van der Waals surface area contributed by atoms with E-state index in [2.05, 4.69) is 26.8 Å². The van der Waals surface area contributed by atoms with Gasteiger partial charge in [-0.3, -0.25) is 0 Å². The van der Waals surface area contributed by atoms with Crippen LogP contribution < -0.4 is 10.9 Å². The van der Waals surface area contributed by atoms with E-state index in [0.717, 1.165) is 38.2 Å². The summed E-state index contributed by atoms with van der Waals surface area (Å²) in [5.41, 5.74) is 8.30. The second kappa shape index (κ2) is 4.18. The van der Waals surface area contributed by atoms with Crippen molar-refractivity contribution in [2.75, 3.05) is 0 Å². The highest BCUT2D eigenvalue weighted by Crippen LogP contribution is 2.49. The molecule has 0 spiro atoms. The normalized spacial score (nSPS) is 15.1. The first-order chi connectivity index (χ1) is 9.26. The van der Waals surface area contributed by atoms with Crippen LogP contribution in [0.2, 0.25) is 5.02 Å². The molecule has 0 atom stereocenters. The first-order valence-corrected chi connectivity index (χ1v) is 7.13. The molecule has 1 aliphatic carbocycles. The van der Waals surface area contributed by atoms with Gasteiger partial charge in [-0.1, -0.05) is 53.6 Å². The number of rotatable bonds is 0. The predicted octanol–water partition coefficient (Wildman–Crippen LogP) is 2.85. The highest BCUT2D eigenvalue weighted by Gasteiger charge is 2.38. The van der Waals surface area contributed by atoms with Crippen molar-refractivity contribution >= 4 is 38.2 Å². The number of benzene rings is 2. The summed E-state index contributed by atoms with van der Waals surface area (Å²) in [7, 11) is 12.6. The summed E-state index contributed by atoms with van der Waals surface area (Å²) in [6.07, 6.45) is 0. The van der Waals surface area contributed by atoms with Gasteiger partial charge in [-0.2, -0.15) is 0 Å². The van der Waals surface area contributed by atoms with E-state index in [9.17, 15) is 0 Å². The average molecular weight is 276 g/mol. The smallest absolute Gasteiger partial charge is 0.0912 e. The predicted molar refractivity (Wildman–Crippen MR) is 89.3 cm³/mol. The van der Waals surface area contributed by atoms with Gasteiger partial charge in [0.1, 0.15) is 15.7 Å². The third-order valence-electron chi connectivity index (χ3n) is 4.66. The van der Waals surface area contributed by atoms with Crippen LogP contribution in [0.1, 0.15) is 36.1 Å². The molecular weight excluding hydrogens is 261 g/mol. The second-order valence-electron chi connectivity index (χ2n) is 6.14. The molecule has 0 aromatic heterocycles. The van der Waals surface area contributed by atoms with Crippen LogP contribution >= 0.6 is 11.6 Å². The molecule has 1 aliphatic rings.